The van der Waals surface area contributed by atoms with Crippen LogP contribution in [-0.4, -0.2) is 29.4 Å². The van der Waals surface area contributed by atoms with Gasteiger partial charge in [0.2, 0.25) is 0 Å². The second-order valence-corrected chi connectivity index (χ2v) is 10.4. The summed E-state index contributed by atoms with van der Waals surface area (Å²) in [5.41, 5.74) is 2.80. The van der Waals surface area contributed by atoms with E-state index in [2.05, 4.69) is 4.98 Å². The summed E-state index contributed by atoms with van der Waals surface area (Å²) in [6, 6.07) is 13.0. The van der Waals surface area contributed by atoms with Crippen molar-refractivity contribution in [2.75, 3.05) is 14.2 Å². The molecular formula is C28H35NO4. The van der Waals surface area contributed by atoms with Crippen LogP contribution in [0.1, 0.15) is 75.4 Å². The summed E-state index contributed by atoms with van der Waals surface area (Å²) < 4.78 is 11.2. The Balaban J connectivity index is 2.43. The number of hydrogen-bond donors (Lipinski definition) is 2. The Kier molecular flexibility index (Phi) is 6.64. The summed E-state index contributed by atoms with van der Waals surface area (Å²) in [6.45, 7) is 12.3. The van der Waals surface area contributed by atoms with Crippen molar-refractivity contribution in [3.8, 4) is 23.0 Å². The van der Waals surface area contributed by atoms with E-state index in [-0.39, 0.29) is 22.3 Å². The van der Waals surface area contributed by atoms with E-state index >= 15 is 0 Å². The minimum absolute atomic E-state index is 0.165. The molecule has 0 aliphatic rings. The highest BCUT2D eigenvalue weighted by Gasteiger charge is 2.32. The Morgan fingerprint density at radius 1 is 0.727 bits per heavy atom. The third-order valence-electron chi connectivity index (χ3n) is 5.92. The zero-order valence-electron chi connectivity index (χ0n) is 20.9. The molecule has 0 unspecified atom stereocenters. The predicted molar refractivity (Wildman–Crippen MR) is 132 cm³/mol. The maximum atomic E-state index is 11.5. The van der Waals surface area contributed by atoms with Crippen LogP contribution in [0.4, 0.5) is 0 Å². The number of benzene rings is 2. The van der Waals surface area contributed by atoms with E-state index in [1.54, 1.807) is 20.4 Å². The minimum Gasteiger partial charge on any atom is -0.507 e. The maximum absolute atomic E-state index is 11.5. The zero-order valence-corrected chi connectivity index (χ0v) is 20.9. The highest BCUT2D eigenvalue weighted by atomic mass is 16.5. The normalized spacial score (nSPS) is 12.2. The summed E-state index contributed by atoms with van der Waals surface area (Å²) in [5, 5.41) is 23.0. The van der Waals surface area contributed by atoms with Crippen molar-refractivity contribution in [2.24, 2.45) is 0 Å². The topological polar surface area (TPSA) is 71.8 Å². The van der Waals surface area contributed by atoms with Crippen LogP contribution in [0.25, 0.3) is 0 Å². The highest BCUT2D eigenvalue weighted by molar-refractivity contribution is 5.60. The Morgan fingerprint density at radius 2 is 1.18 bits per heavy atom. The van der Waals surface area contributed by atoms with Gasteiger partial charge in [-0.25, -0.2) is 0 Å². The molecule has 3 rings (SSSR count). The third kappa shape index (κ3) is 4.92. The standard InChI is InChI=1S/C28H35NO4/c1-27(2,3)21-15-17(32-7)13-19(25(21)30)24(23-11-9-10-12-29-23)20-14-18(33-8)16-22(26(20)31)28(4,5)6/h9-16,24,30-31H,1-8H3. The van der Waals surface area contributed by atoms with Crippen LogP contribution >= 0.6 is 0 Å². The Labute approximate surface area is 197 Å². The van der Waals surface area contributed by atoms with E-state index in [4.69, 9.17) is 9.47 Å². The van der Waals surface area contributed by atoms with Crippen molar-refractivity contribution in [3.63, 3.8) is 0 Å². The van der Waals surface area contributed by atoms with Gasteiger partial charge in [0, 0.05) is 28.5 Å². The van der Waals surface area contributed by atoms with Gasteiger partial charge in [-0.3, -0.25) is 4.98 Å². The molecule has 0 aliphatic heterocycles. The predicted octanol–water partition coefficient (Wildman–Crippen LogP) is 6.29. The van der Waals surface area contributed by atoms with Gasteiger partial charge in [0.1, 0.15) is 23.0 Å². The van der Waals surface area contributed by atoms with E-state index in [9.17, 15) is 10.2 Å². The van der Waals surface area contributed by atoms with Gasteiger partial charge in [-0.15, -0.1) is 0 Å². The third-order valence-corrected chi connectivity index (χ3v) is 5.92. The number of ether oxygens (including phenoxy) is 2. The fourth-order valence-corrected chi connectivity index (χ4v) is 4.11. The average molecular weight is 450 g/mol. The number of pyridine rings is 1. The summed E-state index contributed by atoms with van der Waals surface area (Å²) in [7, 11) is 3.22. The fourth-order valence-electron chi connectivity index (χ4n) is 4.11. The molecule has 176 valence electrons. The van der Waals surface area contributed by atoms with E-state index in [1.165, 1.54) is 0 Å². The first-order valence-electron chi connectivity index (χ1n) is 11.1. The number of phenolic OH excluding ortho intramolecular Hbond substituents is 2. The lowest BCUT2D eigenvalue weighted by molar-refractivity contribution is 0.398. The molecule has 1 aromatic heterocycles. The van der Waals surface area contributed by atoms with Crippen molar-refractivity contribution in [2.45, 2.75) is 58.3 Å². The van der Waals surface area contributed by atoms with Crippen LogP contribution in [0.5, 0.6) is 23.0 Å². The fraction of sp³-hybridized carbons (Fsp3) is 0.393. The van der Waals surface area contributed by atoms with Gasteiger partial charge in [0.25, 0.3) is 0 Å². The summed E-state index contributed by atoms with van der Waals surface area (Å²) in [4.78, 5) is 4.60. The van der Waals surface area contributed by atoms with Crippen LogP contribution in [-0.2, 0) is 10.8 Å². The van der Waals surface area contributed by atoms with Crippen LogP contribution in [0.15, 0.2) is 48.7 Å². The highest BCUT2D eigenvalue weighted by Crippen LogP contribution is 2.48. The Bertz CT molecular complexity index is 1050. The quantitative estimate of drug-likeness (QED) is 0.479. The SMILES string of the molecule is COc1cc(C(c2ccccn2)c2cc(OC)cc(C(C)(C)C)c2O)c(O)c(C(C)(C)C)c1. The van der Waals surface area contributed by atoms with E-state index in [0.29, 0.717) is 28.3 Å². The molecule has 0 aliphatic carbocycles. The lowest BCUT2D eigenvalue weighted by Gasteiger charge is -2.29. The molecule has 0 spiro atoms. The molecule has 2 aromatic carbocycles. The van der Waals surface area contributed by atoms with E-state index in [1.807, 2.05) is 84.0 Å². The number of aromatic hydroxyl groups is 2. The van der Waals surface area contributed by atoms with Crippen LogP contribution in [0, 0.1) is 0 Å². The first-order valence-corrected chi connectivity index (χ1v) is 11.1. The molecule has 33 heavy (non-hydrogen) atoms. The van der Waals surface area contributed by atoms with Crippen molar-refractivity contribution in [1.82, 2.24) is 4.98 Å². The molecule has 5 heteroatoms. The molecule has 5 nitrogen and oxygen atoms in total. The van der Waals surface area contributed by atoms with Crippen molar-refractivity contribution in [1.29, 1.82) is 0 Å². The number of aromatic nitrogens is 1. The summed E-state index contributed by atoms with van der Waals surface area (Å²) >= 11 is 0. The van der Waals surface area contributed by atoms with E-state index < -0.39 is 5.92 Å². The molecule has 1 heterocycles. The molecule has 0 bridgehead atoms. The summed E-state index contributed by atoms with van der Waals surface area (Å²) in [6.07, 6.45) is 1.71. The zero-order chi connectivity index (χ0) is 24.6. The first-order chi connectivity index (χ1) is 15.4. The molecule has 0 radical (unpaired) electrons. The van der Waals surface area contributed by atoms with Gasteiger partial charge < -0.3 is 19.7 Å². The lowest BCUT2D eigenvalue weighted by Crippen LogP contribution is -2.16. The van der Waals surface area contributed by atoms with Crippen LogP contribution in [0.3, 0.4) is 0 Å². The van der Waals surface area contributed by atoms with Gasteiger partial charge in [-0.05, 0) is 47.2 Å². The number of hydrogen-bond acceptors (Lipinski definition) is 5. The number of nitrogens with zero attached hydrogens (tertiary/aromatic N) is 1. The van der Waals surface area contributed by atoms with Gasteiger partial charge in [0.15, 0.2) is 0 Å². The van der Waals surface area contributed by atoms with Gasteiger partial charge in [-0.2, -0.15) is 0 Å². The summed E-state index contributed by atoms with van der Waals surface area (Å²) in [5.74, 6) is 1.05. The molecule has 0 amide bonds. The van der Waals surface area contributed by atoms with E-state index in [0.717, 1.165) is 11.1 Å². The molecular weight excluding hydrogens is 414 g/mol. The second kappa shape index (κ2) is 8.97. The minimum atomic E-state index is -0.543. The van der Waals surface area contributed by atoms with Gasteiger partial charge in [0.05, 0.1) is 25.8 Å². The van der Waals surface area contributed by atoms with Gasteiger partial charge in [-0.1, -0.05) is 47.6 Å². The molecule has 0 fully saturated rings. The first kappa shape index (κ1) is 24.4. The second-order valence-electron chi connectivity index (χ2n) is 10.4. The number of rotatable bonds is 5. The smallest absolute Gasteiger partial charge is 0.123 e. The monoisotopic (exact) mass is 449 g/mol. The Morgan fingerprint density at radius 3 is 1.52 bits per heavy atom. The molecule has 0 atom stereocenters. The van der Waals surface area contributed by atoms with Crippen LogP contribution in [0.2, 0.25) is 0 Å². The van der Waals surface area contributed by atoms with Gasteiger partial charge >= 0.3 is 0 Å². The number of phenols is 2. The largest absolute Gasteiger partial charge is 0.507 e. The molecule has 0 saturated carbocycles. The molecule has 2 N–H and O–H groups in total. The molecule has 0 saturated heterocycles. The van der Waals surface area contributed by atoms with Crippen molar-refractivity contribution >= 4 is 0 Å². The van der Waals surface area contributed by atoms with Crippen LogP contribution < -0.4 is 9.47 Å². The number of methoxy groups -OCH3 is 2. The van der Waals surface area contributed by atoms with Crippen molar-refractivity contribution < 1.29 is 19.7 Å². The molecule has 3 aromatic rings. The maximum Gasteiger partial charge on any atom is 0.123 e. The van der Waals surface area contributed by atoms with Crippen molar-refractivity contribution in [3.05, 3.63) is 76.6 Å². The Hall–Kier alpha value is -3.21. The average Bonchev–Trinajstić information content (AvgIpc) is 2.75. The lowest BCUT2D eigenvalue weighted by atomic mass is 9.78.